The molecule has 0 N–H and O–H groups in total. The Morgan fingerprint density at radius 1 is 1.16 bits per heavy atom. The molecule has 2 rings (SSSR count). The predicted molar refractivity (Wildman–Crippen MR) is 71.9 cm³/mol. The van der Waals surface area contributed by atoms with E-state index in [1.165, 1.54) is 18.3 Å². The van der Waals surface area contributed by atoms with Gasteiger partial charge in [-0.15, -0.1) is 0 Å². The lowest BCUT2D eigenvalue weighted by atomic mass is 10.2. The summed E-state index contributed by atoms with van der Waals surface area (Å²) in [5.41, 5.74) is 1.22. The van der Waals surface area contributed by atoms with Crippen molar-refractivity contribution in [1.29, 1.82) is 0 Å². The normalized spacial score (nSPS) is 12.6. The first-order valence-corrected chi connectivity index (χ1v) is 7.18. The van der Waals surface area contributed by atoms with E-state index in [1.807, 2.05) is 6.92 Å². The molecular weight excluding hydrogens is 260 g/mol. The van der Waals surface area contributed by atoms with Gasteiger partial charge in [-0.25, -0.2) is 15.0 Å². The number of hydrogen-bond donors (Lipinski definition) is 0. The van der Waals surface area contributed by atoms with Crippen LogP contribution < -0.4 is 0 Å². The summed E-state index contributed by atoms with van der Waals surface area (Å²) in [7, 11) is -3.74. The van der Waals surface area contributed by atoms with Crippen molar-refractivity contribution in [3.05, 3.63) is 71.3 Å². The van der Waals surface area contributed by atoms with Crippen LogP contribution in [0.2, 0.25) is 0 Å². The van der Waals surface area contributed by atoms with Crippen molar-refractivity contribution >= 4 is 9.84 Å². The zero-order valence-corrected chi connectivity index (χ0v) is 11.1. The van der Waals surface area contributed by atoms with Gasteiger partial charge in [-0.1, -0.05) is 23.8 Å². The molecule has 0 spiro atoms. The van der Waals surface area contributed by atoms with Crippen LogP contribution in [0.15, 0.2) is 53.6 Å². The second-order valence-electron chi connectivity index (χ2n) is 4.09. The molecule has 0 bridgehead atoms. The lowest BCUT2D eigenvalue weighted by Gasteiger charge is -2.07. The zero-order chi connectivity index (χ0) is 13.9. The fourth-order valence-electron chi connectivity index (χ4n) is 1.67. The topological polar surface area (TPSA) is 51.4 Å². The second kappa shape index (κ2) is 5.21. The molecule has 0 fully saturated rings. The Hall–Kier alpha value is -2.19. The fraction of sp³-hybridized carbons (Fsp3) is 0.143. The third-order valence-electron chi connectivity index (χ3n) is 2.70. The van der Waals surface area contributed by atoms with Crippen molar-refractivity contribution in [2.45, 2.75) is 17.2 Å². The van der Waals surface area contributed by atoms with E-state index in [1.54, 1.807) is 30.3 Å². The quantitative estimate of drug-likeness (QED) is 0.807. The van der Waals surface area contributed by atoms with Crippen LogP contribution in [0, 0.1) is 13.5 Å². The first kappa shape index (κ1) is 13.2. The van der Waals surface area contributed by atoms with Gasteiger partial charge >= 0.3 is 5.37 Å². The molecule has 0 saturated carbocycles. The van der Waals surface area contributed by atoms with Crippen molar-refractivity contribution < 1.29 is 8.42 Å². The van der Waals surface area contributed by atoms with Crippen LogP contribution in [-0.2, 0) is 9.84 Å². The fourth-order valence-corrected chi connectivity index (χ4v) is 3.04. The smallest absolute Gasteiger partial charge is 0.289 e. The van der Waals surface area contributed by atoms with Crippen LogP contribution in [0.5, 0.6) is 0 Å². The highest BCUT2D eigenvalue weighted by Gasteiger charge is 2.35. The molecule has 1 heterocycles. The Balaban J connectivity index is 2.49. The van der Waals surface area contributed by atoms with Crippen molar-refractivity contribution in [2.75, 3.05) is 0 Å². The number of aromatic nitrogens is 1. The van der Waals surface area contributed by atoms with Gasteiger partial charge in [-0.2, -0.15) is 0 Å². The monoisotopic (exact) mass is 272 g/mol. The third-order valence-corrected chi connectivity index (χ3v) is 4.57. The number of aryl methyl sites for hydroxylation is 1. The molecule has 1 aromatic carbocycles. The van der Waals surface area contributed by atoms with Crippen molar-refractivity contribution in [3.8, 4) is 0 Å². The summed E-state index contributed by atoms with van der Waals surface area (Å²) in [4.78, 5) is 7.34. The molecule has 0 aliphatic rings. The lowest BCUT2D eigenvalue weighted by Crippen LogP contribution is -2.11. The summed E-state index contributed by atoms with van der Waals surface area (Å²) in [5.74, 6) is 0. The van der Waals surface area contributed by atoms with E-state index >= 15 is 0 Å². The first-order valence-electron chi connectivity index (χ1n) is 5.64. The molecule has 1 aromatic heterocycles. The average Bonchev–Trinajstić information content (AvgIpc) is 2.41. The van der Waals surface area contributed by atoms with Gasteiger partial charge in [0.1, 0.15) is 5.69 Å². The van der Waals surface area contributed by atoms with E-state index in [9.17, 15) is 8.42 Å². The summed E-state index contributed by atoms with van der Waals surface area (Å²) >= 11 is 0. The minimum atomic E-state index is -3.74. The van der Waals surface area contributed by atoms with Gasteiger partial charge in [0, 0.05) is 6.20 Å². The molecule has 5 heteroatoms. The van der Waals surface area contributed by atoms with Crippen LogP contribution in [0.4, 0.5) is 0 Å². The Morgan fingerprint density at radius 2 is 1.84 bits per heavy atom. The summed E-state index contributed by atoms with van der Waals surface area (Å²) in [6.45, 7) is 9.03. The van der Waals surface area contributed by atoms with E-state index in [0.717, 1.165) is 5.56 Å². The van der Waals surface area contributed by atoms with Gasteiger partial charge < -0.3 is 0 Å². The number of sulfone groups is 1. The molecular formula is C14H12N2O2S. The highest BCUT2D eigenvalue weighted by atomic mass is 32.2. The zero-order valence-electron chi connectivity index (χ0n) is 10.3. The molecule has 0 aliphatic carbocycles. The Kier molecular flexibility index (Phi) is 3.63. The summed E-state index contributed by atoms with van der Waals surface area (Å²) < 4.78 is 24.8. The predicted octanol–water partition coefficient (Wildman–Crippen LogP) is 2.78. The van der Waals surface area contributed by atoms with E-state index < -0.39 is 15.2 Å². The van der Waals surface area contributed by atoms with E-state index in [4.69, 9.17) is 6.57 Å². The Morgan fingerprint density at radius 3 is 2.37 bits per heavy atom. The number of nitrogens with zero attached hydrogens (tertiary/aromatic N) is 2. The second-order valence-corrected chi connectivity index (χ2v) is 6.10. The average molecular weight is 272 g/mol. The van der Waals surface area contributed by atoms with Crippen LogP contribution in [0.1, 0.15) is 16.6 Å². The molecule has 0 saturated heterocycles. The Bertz CT molecular complexity index is 701. The SMILES string of the molecule is [C-]#[N+]C(c1ccccn1)S(=O)(=O)c1ccc(C)cc1. The largest absolute Gasteiger partial charge is 0.366 e. The number of rotatable bonds is 3. The summed E-state index contributed by atoms with van der Waals surface area (Å²) in [6, 6.07) is 11.4. The lowest BCUT2D eigenvalue weighted by molar-refractivity contribution is 0.589. The number of hydrogen-bond acceptors (Lipinski definition) is 3. The molecule has 0 aliphatic heterocycles. The van der Waals surface area contributed by atoms with Gasteiger partial charge in [-0.3, -0.25) is 9.83 Å². The summed E-state index contributed by atoms with van der Waals surface area (Å²) in [6.07, 6.45) is 1.48. The first-order chi connectivity index (χ1) is 9.05. The molecule has 4 nitrogen and oxygen atoms in total. The van der Waals surface area contributed by atoms with E-state index in [-0.39, 0.29) is 10.6 Å². The van der Waals surface area contributed by atoms with Gasteiger partial charge in [0.05, 0.1) is 4.90 Å². The van der Waals surface area contributed by atoms with E-state index in [0.29, 0.717) is 0 Å². The van der Waals surface area contributed by atoms with Crippen molar-refractivity contribution in [3.63, 3.8) is 0 Å². The van der Waals surface area contributed by atoms with Crippen LogP contribution in [0.3, 0.4) is 0 Å². The maximum Gasteiger partial charge on any atom is 0.366 e. The van der Waals surface area contributed by atoms with Crippen LogP contribution in [-0.4, -0.2) is 13.4 Å². The molecule has 96 valence electrons. The Labute approximate surface area is 112 Å². The minimum absolute atomic E-state index is 0.143. The standard InChI is InChI=1S/C14H12N2O2S/c1-11-6-8-12(9-7-11)19(17,18)14(15-2)13-5-3-4-10-16-13/h3-10,14H,1H3. The minimum Gasteiger partial charge on any atom is -0.289 e. The molecule has 1 atom stereocenters. The van der Waals surface area contributed by atoms with Gasteiger partial charge in [-0.05, 0) is 31.2 Å². The summed E-state index contributed by atoms with van der Waals surface area (Å²) in [5, 5.41) is -1.29. The van der Waals surface area contributed by atoms with Crippen molar-refractivity contribution in [1.82, 2.24) is 4.98 Å². The van der Waals surface area contributed by atoms with Crippen LogP contribution >= 0.6 is 0 Å². The maximum atomic E-state index is 12.4. The third kappa shape index (κ3) is 2.64. The molecule has 1 unspecified atom stereocenters. The van der Waals surface area contributed by atoms with Gasteiger partial charge in [0.2, 0.25) is 0 Å². The highest BCUT2D eigenvalue weighted by Crippen LogP contribution is 2.28. The molecule has 2 aromatic rings. The molecule has 0 amide bonds. The van der Waals surface area contributed by atoms with Crippen molar-refractivity contribution in [2.24, 2.45) is 0 Å². The van der Waals surface area contributed by atoms with E-state index in [2.05, 4.69) is 9.83 Å². The maximum absolute atomic E-state index is 12.4. The van der Waals surface area contributed by atoms with Gasteiger partial charge in [0.15, 0.2) is 0 Å². The highest BCUT2D eigenvalue weighted by molar-refractivity contribution is 7.91. The molecule has 19 heavy (non-hydrogen) atoms. The van der Waals surface area contributed by atoms with Gasteiger partial charge in [0.25, 0.3) is 9.84 Å². The van der Waals surface area contributed by atoms with Crippen LogP contribution in [0.25, 0.3) is 4.85 Å². The number of pyridine rings is 1. The molecule has 0 radical (unpaired) electrons. The number of benzene rings is 1.